The van der Waals surface area contributed by atoms with Gasteiger partial charge in [0.25, 0.3) is 0 Å². The first kappa shape index (κ1) is 13.0. The molecule has 0 saturated carbocycles. The summed E-state index contributed by atoms with van der Waals surface area (Å²) in [7, 11) is 0. The molecule has 16 heavy (non-hydrogen) atoms. The van der Waals surface area contributed by atoms with Crippen LogP contribution in [0.15, 0.2) is 15.6 Å². The van der Waals surface area contributed by atoms with Crippen molar-refractivity contribution in [3.63, 3.8) is 0 Å². The summed E-state index contributed by atoms with van der Waals surface area (Å²) >= 11 is 3.18. The second-order valence-electron chi connectivity index (χ2n) is 3.60. The molecular weight excluding hydrogens is 272 g/mol. The van der Waals surface area contributed by atoms with Crippen LogP contribution in [0.3, 0.4) is 0 Å². The molecule has 0 spiro atoms. The van der Waals surface area contributed by atoms with Crippen LogP contribution in [-0.4, -0.2) is 17.6 Å². The van der Waals surface area contributed by atoms with Crippen LogP contribution in [0.5, 0.6) is 0 Å². The van der Waals surface area contributed by atoms with Crippen LogP contribution in [0.4, 0.5) is 0 Å². The van der Waals surface area contributed by atoms with Gasteiger partial charge in [-0.25, -0.2) is 0 Å². The average molecular weight is 287 g/mol. The van der Waals surface area contributed by atoms with Crippen LogP contribution in [0.1, 0.15) is 23.4 Å². The van der Waals surface area contributed by atoms with Gasteiger partial charge in [-0.15, -0.1) is 0 Å². The second kappa shape index (κ2) is 5.84. The predicted molar refractivity (Wildman–Crippen MR) is 65.4 cm³/mol. The standard InChI is InChI=1S/C11H15BrN2O2/c1-7(12)6-13-11(15)5-4-10-8(2)14-16-9(10)3/h1,4-6H2,2-3H3,(H,13,15). The lowest BCUT2D eigenvalue weighted by atomic mass is 10.1. The van der Waals surface area contributed by atoms with E-state index in [1.54, 1.807) is 0 Å². The lowest BCUT2D eigenvalue weighted by Crippen LogP contribution is -2.24. The van der Waals surface area contributed by atoms with Gasteiger partial charge in [0, 0.05) is 23.0 Å². The number of nitrogens with zero attached hydrogens (tertiary/aromatic N) is 1. The molecule has 88 valence electrons. The van der Waals surface area contributed by atoms with Crippen molar-refractivity contribution in [2.24, 2.45) is 0 Å². The van der Waals surface area contributed by atoms with E-state index < -0.39 is 0 Å². The topological polar surface area (TPSA) is 55.1 Å². The molecule has 0 aliphatic rings. The molecule has 0 unspecified atom stereocenters. The lowest BCUT2D eigenvalue weighted by molar-refractivity contribution is -0.120. The van der Waals surface area contributed by atoms with E-state index in [1.807, 2.05) is 13.8 Å². The van der Waals surface area contributed by atoms with E-state index in [0.29, 0.717) is 19.4 Å². The van der Waals surface area contributed by atoms with Crippen LogP contribution < -0.4 is 5.32 Å². The van der Waals surface area contributed by atoms with Crippen molar-refractivity contribution in [3.05, 3.63) is 28.1 Å². The second-order valence-corrected chi connectivity index (χ2v) is 4.72. The molecule has 0 fully saturated rings. The predicted octanol–water partition coefficient (Wildman–Crippen LogP) is 2.25. The number of carbonyl (C=O) groups excluding carboxylic acids is 1. The third kappa shape index (κ3) is 3.81. The normalized spacial score (nSPS) is 10.2. The minimum Gasteiger partial charge on any atom is -0.361 e. The van der Waals surface area contributed by atoms with Gasteiger partial charge in [0.2, 0.25) is 5.91 Å². The molecule has 1 aromatic rings. The maximum Gasteiger partial charge on any atom is 0.220 e. The molecule has 1 aromatic heterocycles. The minimum atomic E-state index is 0.000556. The van der Waals surface area contributed by atoms with Gasteiger partial charge < -0.3 is 9.84 Å². The zero-order valence-electron chi connectivity index (χ0n) is 9.47. The number of carbonyl (C=O) groups is 1. The molecule has 0 atom stereocenters. The van der Waals surface area contributed by atoms with Crippen molar-refractivity contribution in [1.82, 2.24) is 10.5 Å². The Morgan fingerprint density at radius 3 is 2.75 bits per heavy atom. The van der Waals surface area contributed by atoms with Gasteiger partial charge in [0.1, 0.15) is 5.76 Å². The van der Waals surface area contributed by atoms with Crippen LogP contribution >= 0.6 is 15.9 Å². The Morgan fingerprint density at radius 1 is 1.56 bits per heavy atom. The number of aromatic nitrogens is 1. The number of halogens is 1. The van der Waals surface area contributed by atoms with E-state index in [0.717, 1.165) is 21.5 Å². The molecule has 0 saturated heterocycles. The Bertz CT molecular complexity index is 379. The summed E-state index contributed by atoms with van der Waals surface area (Å²) in [6.45, 7) is 7.83. The Hall–Kier alpha value is -1.10. The number of aryl methyl sites for hydroxylation is 2. The maximum absolute atomic E-state index is 11.4. The zero-order chi connectivity index (χ0) is 12.1. The van der Waals surface area contributed by atoms with Gasteiger partial charge in [0.05, 0.1) is 5.69 Å². The number of rotatable bonds is 5. The molecule has 1 heterocycles. The van der Waals surface area contributed by atoms with Crippen molar-refractivity contribution in [2.75, 3.05) is 6.54 Å². The summed E-state index contributed by atoms with van der Waals surface area (Å²) < 4.78 is 5.78. The molecule has 1 N–H and O–H groups in total. The summed E-state index contributed by atoms with van der Waals surface area (Å²) in [6.07, 6.45) is 1.09. The van der Waals surface area contributed by atoms with E-state index in [-0.39, 0.29) is 5.91 Å². The Balaban J connectivity index is 2.40. The van der Waals surface area contributed by atoms with Crippen molar-refractivity contribution >= 4 is 21.8 Å². The molecule has 1 rings (SSSR count). The first-order chi connectivity index (χ1) is 7.50. The number of amides is 1. The number of hydrogen-bond acceptors (Lipinski definition) is 3. The molecule has 5 heteroatoms. The van der Waals surface area contributed by atoms with E-state index >= 15 is 0 Å². The van der Waals surface area contributed by atoms with Gasteiger partial charge >= 0.3 is 0 Å². The first-order valence-corrected chi connectivity index (χ1v) is 5.81. The summed E-state index contributed by atoms with van der Waals surface area (Å²) in [4.78, 5) is 11.4. The SMILES string of the molecule is C=C(Br)CNC(=O)CCc1c(C)noc1C. The summed E-state index contributed by atoms with van der Waals surface area (Å²) in [6, 6.07) is 0. The monoisotopic (exact) mass is 286 g/mol. The van der Waals surface area contributed by atoms with Crippen LogP contribution in [0, 0.1) is 13.8 Å². The highest BCUT2D eigenvalue weighted by atomic mass is 79.9. The Kier molecular flexibility index (Phi) is 4.73. The van der Waals surface area contributed by atoms with Crippen LogP contribution in [0.2, 0.25) is 0 Å². The molecule has 0 radical (unpaired) electrons. The third-order valence-corrected chi connectivity index (χ3v) is 2.54. The van der Waals surface area contributed by atoms with Crippen molar-refractivity contribution in [3.8, 4) is 0 Å². The summed E-state index contributed by atoms with van der Waals surface area (Å²) in [5.74, 6) is 0.788. The molecule has 0 aliphatic heterocycles. The van der Waals surface area contributed by atoms with E-state index in [4.69, 9.17) is 4.52 Å². The third-order valence-electron chi connectivity index (χ3n) is 2.26. The van der Waals surface area contributed by atoms with Crippen LogP contribution in [0.25, 0.3) is 0 Å². The van der Waals surface area contributed by atoms with E-state index in [9.17, 15) is 4.79 Å². The number of hydrogen-bond donors (Lipinski definition) is 1. The van der Waals surface area contributed by atoms with Crippen LogP contribution in [-0.2, 0) is 11.2 Å². The molecule has 0 aliphatic carbocycles. The molecule has 1 amide bonds. The smallest absolute Gasteiger partial charge is 0.220 e. The Labute approximate surface area is 103 Å². The summed E-state index contributed by atoms with van der Waals surface area (Å²) in [5.41, 5.74) is 1.88. The fourth-order valence-corrected chi connectivity index (χ4v) is 1.52. The van der Waals surface area contributed by atoms with Gasteiger partial charge in [-0.3, -0.25) is 4.79 Å². The molecule has 0 aromatic carbocycles. The van der Waals surface area contributed by atoms with Crippen molar-refractivity contribution < 1.29 is 9.32 Å². The Morgan fingerprint density at radius 2 is 2.25 bits per heavy atom. The lowest BCUT2D eigenvalue weighted by Gasteiger charge is -2.03. The van der Waals surface area contributed by atoms with E-state index in [1.165, 1.54) is 0 Å². The van der Waals surface area contributed by atoms with E-state index in [2.05, 4.69) is 33.0 Å². The highest BCUT2D eigenvalue weighted by Gasteiger charge is 2.10. The molecule has 4 nitrogen and oxygen atoms in total. The van der Waals surface area contributed by atoms with Gasteiger partial charge in [-0.1, -0.05) is 27.7 Å². The van der Waals surface area contributed by atoms with Gasteiger partial charge in [0.15, 0.2) is 0 Å². The largest absolute Gasteiger partial charge is 0.361 e. The fraction of sp³-hybridized carbons (Fsp3) is 0.455. The van der Waals surface area contributed by atoms with Gasteiger partial charge in [-0.05, 0) is 20.3 Å². The minimum absolute atomic E-state index is 0.000556. The molecule has 0 bridgehead atoms. The maximum atomic E-state index is 11.4. The highest BCUT2D eigenvalue weighted by Crippen LogP contribution is 2.14. The highest BCUT2D eigenvalue weighted by molar-refractivity contribution is 9.11. The van der Waals surface area contributed by atoms with Crippen molar-refractivity contribution in [2.45, 2.75) is 26.7 Å². The fourth-order valence-electron chi connectivity index (χ4n) is 1.38. The quantitative estimate of drug-likeness (QED) is 0.903. The first-order valence-electron chi connectivity index (χ1n) is 5.02. The summed E-state index contributed by atoms with van der Waals surface area (Å²) in [5, 5.41) is 6.59. The van der Waals surface area contributed by atoms with Crippen molar-refractivity contribution in [1.29, 1.82) is 0 Å². The number of nitrogens with one attached hydrogen (secondary N) is 1. The van der Waals surface area contributed by atoms with Gasteiger partial charge in [-0.2, -0.15) is 0 Å². The average Bonchev–Trinajstić information content (AvgIpc) is 2.53. The molecular formula is C11H15BrN2O2. The zero-order valence-corrected chi connectivity index (χ0v) is 11.1.